The van der Waals surface area contributed by atoms with Crippen molar-refractivity contribution >= 4 is 11.3 Å². The van der Waals surface area contributed by atoms with Gasteiger partial charge in [0.05, 0.1) is 11.7 Å². The molecule has 2 nitrogen and oxygen atoms in total. The largest absolute Gasteiger partial charge is 0.308 e. The minimum absolute atomic E-state index is 0.294. The zero-order valence-corrected chi connectivity index (χ0v) is 10.4. The van der Waals surface area contributed by atoms with E-state index in [4.69, 9.17) is 0 Å². The number of aromatic nitrogens is 1. The number of hydrogen-bond acceptors (Lipinski definition) is 3. The molecule has 0 aliphatic carbocycles. The Morgan fingerprint density at radius 2 is 2.00 bits per heavy atom. The summed E-state index contributed by atoms with van der Waals surface area (Å²) in [5.41, 5.74) is 1.13. The van der Waals surface area contributed by atoms with Gasteiger partial charge in [-0.05, 0) is 31.5 Å². The van der Waals surface area contributed by atoms with Crippen LogP contribution in [0.15, 0.2) is 23.6 Å². The van der Waals surface area contributed by atoms with Crippen LogP contribution in [-0.2, 0) is 0 Å². The Hall–Kier alpha value is -1.33. The van der Waals surface area contributed by atoms with E-state index in [-0.39, 0.29) is 0 Å². The summed E-state index contributed by atoms with van der Waals surface area (Å²) < 4.78 is 26.3. The smallest absolute Gasteiger partial charge is 0.126 e. The molecular weight excluding hydrogens is 254 g/mol. The Morgan fingerprint density at radius 1 is 1.22 bits per heavy atom. The number of benzene rings is 1. The molecule has 1 aliphatic heterocycles. The zero-order valence-electron chi connectivity index (χ0n) is 9.62. The second kappa shape index (κ2) is 4.74. The van der Waals surface area contributed by atoms with E-state index < -0.39 is 11.6 Å². The summed E-state index contributed by atoms with van der Waals surface area (Å²) in [5.74, 6) is -1.14. The summed E-state index contributed by atoms with van der Waals surface area (Å²) in [7, 11) is 0. The van der Waals surface area contributed by atoms with Crippen molar-refractivity contribution < 1.29 is 8.78 Å². The minimum Gasteiger partial charge on any atom is -0.308 e. The van der Waals surface area contributed by atoms with Crippen molar-refractivity contribution in [1.82, 2.24) is 10.3 Å². The topological polar surface area (TPSA) is 24.9 Å². The highest BCUT2D eigenvalue weighted by atomic mass is 32.1. The Morgan fingerprint density at radius 3 is 2.67 bits per heavy atom. The maximum Gasteiger partial charge on any atom is 0.126 e. The average molecular weight is 266 g/mol. The average Bonchev–Trinajstić information content (AvgIpc) is 2.99. The molecule has 0 spiro atoms. The van der Waals surface area contributed by atoms with Gasteiger partial charge in [-0.2, -0.15) is 0 Å². The lowest BCUT2D eigenvalue weighted by Crippen LogP contribution is -2.12. The van der Waals surface area contributed by atoms with E-state index in [0.717, 1.165) is 30.5 Å². The molecule has 18 heavy (non-hydrogen) atoms. The number of hydrogen-bond donors (Lipinski definition) is 1. The molecule has 0 amide bonds. The van der Waals surface area contributed by atoms with Gasteiger partial charge in [0.25, 0.3) is 0 Å². The molecule has 2 aromatic rings. The van der Waals surface area contributed by atoms with Gasteiger partial charge in [0, 0.05) is 17.0 Å². The molecule has 0 radical (unpaired) electrons. The van der Waals surface area contributed by atoms with E-state index in [1.165, 1.54) is 23.5 Å². The summed E-state index contributed by atoms with van der Waals surface area (Å²) >= 11 is 1.53. The fraction of sp³-hybridized carbons (Fsp3) is 0.308. The van der Waals surface area contributed by atoms with Crippen molar-refractivity contribution in [1.29, 1.82) is 0 Å². The lowest BCUT2D eigenvalue weighted by molar-refractivity contribution is 0.584. The van der Waals surface area contributed by atoms with Gasteiger partial charge in [-0.25, -0.2) is 13.8 Å². The van der Waals surface area contributed by atoms with Gasteiger partial charge in [0.1, 0.15) is 16.6 Å². The maximum atomic E-state index is 13.1. The highest BCUT2D eigenvalue weighted by molar-refractivity contribution is 7.10. The van der Waals surface area contributed by atoms with Crippen molar-refractivity contribution in [2.24, 2.45) is 0 Å². The van der Waals surface area contributed by atoms with Gasteiger partial charge in [0.15, 0.2) is 0 Å². The third-order valence-electron chi connectivity index (χ3n) is 3.04. The van der Waals surface area contributed by atoms with Crippen LogP contribution in [-0.4, -0.2) is 11.5 Å². The highest BCUT2D eigenvalue weighted by Gasteiger charge is 2.19. The predicted octanol–water partition coefficient (Wildman–Crippen LogP) is 3.51. The quantitative estimate of drug-likeness (QED) is 0.899. The van der Waals surface area contributed by atoms with Crippen molar-refractivity contribution in [3.05, 3.63) is 40.2 Å². The van der Waals surface area contributed by atoms with E-state index >= 15 is 0 Å². The molecule has 1 aromatic carbocycles. The summed E-state index contributed by atoms with van der Waals surface area (Å²) in [6.45, 7) is 1.01. The third kappa shape index (κ3) is 2.28. The molecule has 94 valence electrons. The van der Waals surface area contributed by atoms with Crippen LogP contribution in [0.5, 0.6) is 0 Å². The standard InChI is InChI=1S/C13H12F2N2S/c14-9-4-8(5-10(15)6-9)12-7-18-13(17-12)11-2-1-3-16-11/h4-7,11,16H,1-3H2. The van der Waals surface area contributed by atoms with Crippen molar-refractivity contribution in [2.45, 2.75) is 18.9 Å². The molecule has 1 aromatic heterocycles. The fourth-order valence-electron chi connectivity index (χ4n) is 2.18. The van der Waals surface area contributed by atoms with Gasteiger partial charge in [0.2, 0.25) is 0 Å². The first-order chi connectivity index (χ1) is 8.72. The number of rotatable bonds is 2. The van der Waals surface area contributed by atoms with E-state index in [2.05, 4.69) is 10.3 Å². The first-order valence-electron chi connectivity index (χ1n) is 5.87. The lowest BCUT2D eigenvalue weighted by Gasteiger charge is -2.04. The summed E-state index contributed by atoms with van der Waals surface area (Å²) in [6.07, 6.45) is 2.22. The first-order valence-corrected chi connectivity index (χ1v) is 6.75. The molecule has 1 N–H and O–H groups in total. The fourth-order valence-corrected chi connectivity index (χ4v) is 3.11. The van der Waals surface area contributed by atoms with E-state index in [0.29, 0.717) is 17.3 Å². The Labute approximate surface area is 108 Å². The Balaban J connectivity index is 1.92. The number of nitrogens with zero attached hydrogens (tertiary/aromatic N) is 1. The van der Waals surface area contributed by atoms with Gasteiger partial charge >= 0.3 is 0 Å². The summed E-state index contributed by atoms with van der Waals surface area (Å²) in [4.78, 5) is 4.47. The summed E-state index contributed by atoms with van der Waals surface area (Å²) in [6, 6.07) is 3.78. The van der Waals surface area contributed by atoms with Crippen LogP contribution in [0.4, 0.5) is 8.78 Å². The molecule has 1 saturated heterocycles. The number of nitrogens with one attached hydrogen (secondary N) is 1. The molecule has 1 fully saturated rings. The van der Waals surface area contributed by atoms with Crippen LogP contribution in [0.3, 0.4) is 0 Å². The number of halogens is 2. The van der Waals surface area contributed by atoms with E-state index in [9.17, 15) is 8.78 Å². The summed E-state index contributed by atoms with van der Waals surface area (Å²) in [5, 5.41) is 6.20. The second-order valence-corrected chi connectivity index (χ2v) is 5.27. The monoisotopic (exact) mass is 266 g/mol. The van der Waals surface area contributed by atoms with Gasteiger partial charge in [-0.15, -0.1) is 11.3 Å². The van der Waals surface area contributed by atoms with Crippen molar-refractivity contribution in [2.75, 3.05) is 6.54 Å². The van der Waals surface area contributed by atoms with Crippen molar-refractivity contribution in [3.8, 4) is 11.3 Å². The SMILES string of the molecule is Fc1cc(F)cc(-c2csc(C3CCCN3)n2)c1. The molecule has 1 aliphatic rings. The molecule has 3 rings (SSSR count). The maximum absolute atomic E-state index is 13.1. The van der Waals surface area contributed by atoms with E-state index in [1.54, 1.807) is 0 Å². The molecule has 5 heteroatoms. The van der Waals surface area contributed by atoms with Gasteiger partial charge < -0.3 is 5.32 Å². The Bertz CT molecular complexity index is 542. The molecule has 1 atom stereocenters. The van der Waals surface area contributed by atoms with Crippen LogP contribution in [0.25, 0.3) is 11.3 Å². The normalized spacial score (nSPS) is 19.3. The molecule has 1 unspecified atom stereocenters. The van der Waals surface area contributed by atoms with Gasteiger partial charge in [-0.3, -0.25) is 0 Å². The molecule has 0 saturated carbocycles. The zero-order chi connectivity index (χ0) is 12.5. The van der Waals surface area contributed by atoms with Crippen LogP contribution in [0, 0.1) is 11.6 Å². The van der Waals surface area contributed by atoms with Gasteiger partial charge in [-0.1, -0.05) is 0 Å². The molecule has 0 bridgehead atoms. The molecular formula is C13H12F2N2S. The highest BCUT2D eigenvalue weighted by Crippen LogP contribution is 2.30. The molecule has 2 heterocycles. The minimum atomic E-state index is -0.571. The van der Waals surface area contributed by atoms with E-state index in [1.807, 2.05) is 5.38 Å². The Kier molecular flexibility index (Phi) is 3.09. The van der Waals surface area contributed by atoms with Crippen LogP contribution < -0.4 is 5.32 Å². The predicted molar refractivity (Wildman–Crippen MR) is 67.4 cm³/mol. The van der Waals surface area contributed by atoms with Crippen LogP contribution >= 0.6 is 11.3 Å². The number of thiazole rings is 1. The van der Waals surface area contributed by atoms with Crippen LogP contribution in [0.2, 0.25) is 0 Å². The third-order valence-corrected chi connectivity index (χ3v) is 4.00. The first kappa shape index (κ1) is 11.7. The second-order valence-electron chi connectivity index (χ2n) is 4.38. The van der Waals surface area contributed by atoms with Crippen molar-refractivity contribution in [3.63, 3.8) is 0 Å². The van der Waals surface area contributed by atoms with Crippen LogP contribution in [0.1, 0.15) is 23.9 Å². The lowest BCUT2D eigenvalue weighted by atomic mass is 10.1.